The van der Waals surface area contributed by atoms with E-state index < -0.39 is 0 Å². The Morgan fingerprint density at radius 3 is 2.50 bits per heavy atom. The summed E-state index contributed by atoms with van der Waals surface area (Å²) >= 11 is 0. The van der Waals surface area contributed by atoms with E-state index in [-0.39, 0.29) is 0 Å². The minimum absolute atomic E-state index is 0.901. The third kappa shape index (κ3) is 7.20. The van der Waals surface area contributed by atoms with E-state index in [9.17, 15) is 0 Å². The number of rotatable bonds is 9. The molecule has 0 aliphatic carbocycles. The molecule has 0 spiro atoms. The van der Waals surface area contributed by atoms with E-state index in [1.807, 2.05) is 0 Å². The largest absolute Gasteiger partial charge is 0.381 e. The predicted molar refractivity (Wildman–Crippen MR) is 66.8 cm³/mol. The molecule has 0 bridgehead atoms. The van der Waals surface area contributed by atoms with Crippen molar-refractivity contribution in [2.45, 2.75) is 39.0 Å². The maximum absolute atomic E-state index is 5.61. The monoisotopic (exact) mass is 229 g/mol. The van der Waals surface area contributed by atoms with Crippen LogP contribution in [0.2, 0.25) is 0 Å². The summed E-state index contributed by atoms with van der Waals surface area (Å²) in [5, 5.41) is 0. The number of morpholine rings is 1. The zero-order chi connectivity index (χ0) is 11.5. The molecule has 1 heterocycles. The molecule has 3 heteroatoms. The molecule has 1 saturated heterocycles. The number of unbranched alkanes of at least 4 members (excludes halogenated alkanes) is 3. The third-order valence-electron chi connectivity index (χ3n) is 3.01. The molecule has 3 nitrogen and oxygen atoms in total. The SMILES string of the molecule is CCCCCCOCCCN1CCOCC1. The number of ether oxygens (including phenoxy) is 2. The van der Waals surface area contributed by atoms with Crippen LogP contribution in [-0.2, 0) is 9.47 Å². The molecular formula is C13H27NO2. The second-order valence-corrected chi connectivity index (χ2v) is 4.48. The summed E-state index contributed by atoms with van der Waals surface area (Å²) in [5.74, 6) is 0. The van der Waals surface area contributed by atoms with Gasteiger partial charge in [-0.1, -0.05) is 26.2 Å². The van der Waals surface area contributed by atoms with Crippen molar-refractivity contribution in [3.63, 3.8) is 0 Å². The van der Waals surface area contributed by atoms with Gasteiger partial charge in [0, 0.05) is 32.8 Å². The maximum Gasteiger partial charge on any atom is 0.0594 e. The maximum atomic E-state index is 5.61. The quantitative estimate of drug-likeness (QED) is 0.566. The Kier molecular flexibility index (Phi) is 8.77. The fraction of sp³-hybridized carbons (Fsp3) is 1.00. The first-order valence-corrected chi connectivity index (χ1v) is 6.81. The summed E-state index contributed by atoms with van der Waals surface area (Å²) in [6, 6.07) is 0. The lowest BCUT2D eigenvalue weighted by Crippen LogP contribution is -2.37. The summed E-state index contributed by atoms with van der Waals surface area (Å²) < 4.78 is 10.9. The van der Waals surface area contributed by atoms with Gasteiger partial charge in [0.05, 0.1) is 13.2 Å². The highest BCUT2D eigenvalue weighted by atomic mass is 16.5. The zero-order valence-corrected chi connectivity index (χ0v) is 10.7. The molecule has 16 heavy (non-hydrogen) atoms. The van der Waals surface area contributed by atoms with Crippen LogP contribution >= 0.6 is 0 Å². The number of hydrogen-bond acceptors (Lipinski definition) is 3. The fourth-order valence-corrected chi connectivity index (χ4v) is 1.95. The van der Waals surface area contributed by atoms with Gasteiger partial charge in [-0.3, -0.25) is 4.90 Å². The van der Waals surface area contributed by atoms with Gasteiger partial charge in [-0.15, -0.1) is 0 Å². The van der Waals surface area contributed by atoms with Gasteiger partial charge in [-0.05, 0) is 12.8 Å². The molecule has 96 valence electrons. The van der Waals surface area contributed by atoms with Gasteiger partial charge < -0.3 is 9.47 Å². The van der Waals surface area contributed by atoms with Gasteiger partial charge >= 0.3 is 0 Å². The van der Waals surface area contributed by atoms with Crippen molar-refractivity contribution in [1.29, 1.82) is 0 Å². The van der Waals surface area contributed by atoms with Crippen molar-refractivity contribution in [2.24, 2.45) is 0 Å². The molecule has 0 aromatic heterocycles. The third-order valence-corrected chi connectivity index (χ3v) is 3.01. The Hall–Kier alpha value is -0.120. The van der Waals surface area contributed by atoms with Crippen LogP contribution in [0.4, 0.5) is 0 Å². The van der Waals surface area contributed by atoms with E-state index in [4.69, 9.17) is 9.47 Å². The topological polar surface area (TPSA) is 21.7 Å². The lowest BCUT2D eigenvalue weighted by Gasteiger charge is -2.26. The van der Waals surface area contributed by atoms with E-state index in [0.29, 0.717) is 0 Å². The molecule has 0 aromatic carbocycles. The molecule has 0 N–H and O–H groups in total. The molecular weight excluding hydrogens is 202 g/mol. The van der Waals surface area contributed by atoms with Crippen LogP contribution in [0.1, 0.15) is 39.0 Å². The summed E-state index contributed by atoms with van der Waals surface area (Å²) in [6.45, 7) is 9.26. The Morgan fingerprint density at radius 1 is 1.00 bits per heavy atom. The van der Waals surface area contributed by atoms with Gasteiger partial charge in [0.15, 0.2) is 0 Å². The van der Waals surface area contributed by atoms with E-state index >= 15 is 0 Å². The van der Waals surface area contributed by atoms with Crippen LogP contribution in [0, 0.1) is 0 Å². The smallest absolute Gasteiger partial charge is 0.0594 e. The normalized spacial score (nSPS) is 17.8. The molecule has 1 aliphatic heterocycles. The van der Waals surface area contributed by atoms with Gasteiger partial charge in [-0.2, -0.15) is 0 Å². The Morgan fingerprint density at radius 2 is 1.75 bits per heavy atom. The second kappa shape index (κ2) is 10.1. The van der Waals surface area contributed by atoms with Crippen LogP contribution in [0.3, 0.4) is 0 Å². The van der Waals surface area contributed by atoms with Crippen molar-refractivity contribution >= 4 is 0 Å². The van der Waals surface area contributed by atoms with Crippen molar-refractivity contribution in [3.05, 3.63) is 0 Å². The Labute approximate surface area is 100 Å². The van der Waals surface area contributed by atoms with Crippen LogP contribution in [0.5, 0.6) is 0 Å². The summed E-state index contributed by atoms with van der Waals surface area (Å²) in [6.07, 6.45) is 6.35. The molecule has 0 saturated carbocycles. The standard InChI is InChI=1S/C13H27NO2/c1-2-3-4-5-10-15-11-6-7-14-8-12-16-13-9-14/h2-13H2,1H3. The number of nitrogens with zero attached hydrogens (tertiary/aromatic N) is 1. The summed E-state index contributed by atoms with van der Waals surface area (Å²) in [7, 11) is 0. The average molecular weight is 229 g/mol. The van der Waals surface area contributed by atoms with Gasteiger partial charge in [-0.25, -0.2) is 0 Å². The number of hydrogen-bond donors (Lipinski definition) is 0. The van der Waals surface area contributed by atoms with E-state index in [1.165, 1.54) is 32.2 Å². The second-order valence-electron chi connectivity index (χ2n) is 4.48. The minimum atomic E-state index is 0.901. The first kappa shape index (κ1) is 13.9. The van der Waals surface area contributed by atoms with Crippen molar-refractivity contribution in [3.8, 4) is 0 Å². The lowest BCUT2D eigenvalue weighted by atomic mass is 10.2. The molecule has 1 fully saturated rings. The average Bonchev–Trinajstić information content (AvgIpc) is 2.34. The van der Waals surface area contributed by atoms with Crippen LogP contribution in [-0.4, -0.2) is 51.0 Å². The van der Waals surface area contributed by atoms with Crippen LogP contribution < -0.4 is 0 Å². The van der Waals surface area contributed by atoms with E-state index in [2.05, 4.69) is 11.8 Å². The molecule has 0 radical (unpaired) electrons. The molecule has 0 aromatic rings. The molecule has 1 rings (SSSR count). The van der Waals surface area contributed by atoms with Gasteiger partial charge in [0.25, 0.3) is 0 Å². The Bertz CT molecular complexity index is 147. The first-order chi connectivity index (χ1) is 7.93. The fourth-order valence-electron chi connectivity index (χ4n) is 1.95. The Balaban J connectivity index is 1.77. The van der Waals surface area contributed by atoms with Crippen molar-refractivity contribution < 1.29 is 9.47 Å². The molecule has 0 atom stereocenters. The van der Waals surface area contributed by atoms with E-state index in [0.717, 1.165) is 45.9 Å². The van der Waals surface area contributed by atoms with E-state index in [1.54, 1.807) is 0 Å². The summed E-state index contributed by atoms with van der Waals surface area (Å²) in [4.78, 5) is 2.46. The highest BCUT2D eigenvalue weighted by molar-refractivity contribution is 4.61. The molecule has 1 aliphatic rings. The van der Waals surface area contributed by atoms with Gasteiger partial charge in [0.1, 0.15) is 0 Å². The lowest BCUT2D eigenvalue weighted by molar-refractivity contribution is 0.0318. The highest BCUT2D eigenvalue weighted by Crippen LogP contribution is 2.00. The van der Waals surface area contributed by atoms with Crippen LogP contribution in [0.15, 0.2) is 0 Å². The minimum Gasteiger partial charge on any atom is -0.381 e. The zero-order valence-electron chi connectivity index (χ0n) is 10.7. The predicted octanol–water partition coefficient (Wildman–Crippen LogP) is 2.31. The summed E-state index contributed by atoms with van der Waals surface area (Å²) in [5.41, 5.74) is 0. The molecule has 0 amide bonds. The van der Waals surface area contributed by atoms with Gasteiger partial charge in [0.2, 0.25) is 0 Å². The van der Waals surface area contributed by atoms with Crippen molar-refractivity contribution in [2.75, 3.05) is 46.1 Å². The molecule has 0 unspecified atom stereocenters. The van der Waals surface area contributed by atoms with Crippen LogP contribution in [0.25, 0.3) is 0 Å². The van der Waals surface area contributed by atoms with Crippen molar-refractivity contribution in [1.82, 2.24) is 4.90 Å². The first-order valence-electron chi connectivity index (χ1n) is 6.81. The highest BCUT2D eigenvalue weighted by Gasteiger charge is 2.08.